The molecule has 0 bridgehead atoms. The summed E-state index contributed by atoms with van der Waals surface area (Å²) in [6.07, 6.45) is 27.3. The van der Waals surface area contributed by atoms with E-state index in [-0.39, 0.29) is 46.9 Å². The zero-order chi connectivity index (χ0) is 16.8. The average Bonchev–Trinajstić information content (AvgIpc) is 2.57. The Morgan fingerprint density at radius 2 is 0.708 bits per heavy atom. The molecule has 0 amide bonds. The van der Waals surface area contributed by atoms with Crippen LogP contribution in [0.3, 0.4) is 0 Å². The van der Waals surface area contributed by atoms with Crippen LogP contribution in [0.4, 0.5) is 0 Å². The van der Waals surface area contributed by atoms with Gasteiger partial charge in [-0.1, -0.05) is 122 Å². The summed E-state index contributed by atoms with van der Waals surface area (Å²) in [6, 6.07) is 0. The van der Waals surface area contributed by atoms with Gasteiger partial charge in [-0.15, -0.1) is 0 Å². The SMILES string of the molecule is CCCCCCCCCCCCCCCCCCCCCNN.[Yb]. The molecule has 0 aliphatic rings. The first-order valence-corrected chi connectivity index (χ1v) is 10.8. The third kappa shape index (κ3) is 25.7. The minimum absolute atomic E-state index is 0. The van der Waals surface area contributed by atoms with Gasteiger partial charge in [-0.05, 0) is 6.42 Å². The predicted octanol–water partition coefficient (Wildman–Crippen LogP) is 6.88. The molecule has 0 unspecified atom stereocenters. The number of hydrogen-bond acceptors (Lipinski definition) is 2. The van der Waals surface area contributed by atoms with Crippen LogP contribution in [0.1, 0.15) is 129 Å². The second-order valence-electron chi connectivity index (χ2n) is 7.32. The quantitative estimate of drug-likeness (QED) is 0.109. The van der Waals surface area contributed by atoms with Gasteiger partial charge in [0.05, 0.1) is 0 Å². The Balaban J connectivity index is 0. The Bertz CT molecular complexity index is 180. The van der Waals surface area contributed by atoms with Gasteiger partial charge in [0.25, 0.3) is 0 Å². The molecule has 24 heavy (non-hydrogen) atoms. The average molecular weight is 500 g/mol. The van der Waals surface area contributed by atoms with Crippen LogP contribution in [0.15, 0.2) is 0 Å². The molecule has 154 valence electrons. The van der Waals surface area contributed by atoms with Gasteiger partial charge < -0.3 is 0 Å². The molecule has 0 aromatic carbocycles. The Kier molecular flexibility index (Phi) is 30.7. The standard InChI is InChI=1S/C21H46N2.Yb/c1-2-3-4-5-6-7-8-9-10-11-12-13-14-15-16-17-18-19-20-21-23-22;/h23H,2-22H2,1H3;. The van der Waals surface area contributed by atoms with Crippen LogP contribution in [0.2, 0.25) is 0 Å². The van der Waals surface area contributed by atoms with Gasteiger partial charge in [-0.25, -0.2) is 0 Å². The molecule has 3 N–H and O–H groups in total. The molecule has 0 heterocycles. The molecule has 3 heteroatoms. The van der Waals surface area contributed by atoms with Crippen LogP contribution in [0, 0.1) is 46.9 Å². The molecule has 0 saturated carbocycles. The predicted molar refractivity (Wildman–Crippen MR) is 106 cm³/mol. The van der Waals surface area contributed by atoms with Crippen molar-refractivity contribution in [2.24, 2.45) is 5.84 Å². The number of nitrogens with one attached hydrogen (secondary N) is 1. The van der Waals surface area contributed by atoms with E-state index in [4.69, 9.17) is 5.84 Å². The number of nitrogens with two attached hydrogens (primary N) is 1. The van der Waals surface area contributed by atoms with E-state index in [0.717, 1.165) is 6.54 Å². The maximum Gasteiger partial charge on any atom is 0.00974 e. The molecule has 0 atom stereocenters. The minimum Gasteiger partial charge on any atom is -0.271 e. The zero-order valence-electron chi connectivity index (χ0n) is 16.5. The first-order chi connectivity index (χ1) is 11.4. The van der Waals surface area contributed by atoms with E-state index in [1.165, 1.54) is 122 Å². The Labute approximate surface area is 192 Å². The zero-order valence-corrected chi connectivity index (χ0v) is 18.2. The minimum atomic E-state index is 0. The maximum atomic E-state index is 5.26. The van der Waals surface area contributed by atoms with Crippen LogP contribution in [-0.4, -0.2) is 6.54 Å². The van der Waals surface area contributed by atoms with Crippen molar-refractivity contribution in [3.63, 3.8) is 0 Å². The molecule has 0 fully saturated rings. The summed E-state index contributed by atoms with van der Waals surface area (Å²) in [5.74, 6) is 5.26. The van der Waals surface area contributed by atoms with Gasteiger partial charge in [0, 0.05) is 53.5 Å². The molecular formula is C21H46N2Yb. The summed E-state index contributed by atoms with van der Waals surface area (Å²) in [5, 5.41) is 0. The fourth-order valence-corrected chi connectivity index (χ4v) is 3.31. The van der Waals surface area contributed by atoms with Crippen LogP contribution < -0.4 is 11.3 Å². The topological polar surface area (TPSA) is 38.0 Å². The fourth-order valence-electron chi connectivity index (χ4n) is 3.31. The number of unbranched alkanes of at least 4 members (excludes halogenated alkanes) is 18. The van der Waals surface area contributed by atoms with Crippen LogP contribution in [0.25, 0.3) is 0 Å². The number of rotatable bonds is 20. The molecule has 0 rings (SSSR count). The van der Waals surface area contributed by atoms with Crippen molar-refractivity contribution in [2.75, 3.05) is 6.54 Å². The molecule has 0 aromatic heterocycles. The molecular weight excluding hydrogens is 453 g/mol. The molecule has 0 radical (unpaired) electrons. The summed E-state index contributed by atoms with van der Waals surface area (Å²) in [6.45, 7) is 3.27. The van der Waals surface area contributed by atoms with Gasteiger partial charge >= 0.3 is 0 Å². The monoisotopic (exact) mass is 500 g/mol. The summed E-state index contributed by atoms with van der Waals surface area (Å²) < 4.78 is 0. The van der Waals surface area contributed by atoms with Gasteiger partial charge in [-0.2, -0.15) is 0 Å². The van der Waals surface area contributed by atoms with E-state index in [0.29, 0.717) is 0 Å². The number of hydrazine groups is 1. The second kappa shape index (κ2) is 26.7. The van der Waals surface area contributed by atoms with E-state index in [9.17, 15) is 0 Å². The first kappa shape index (κ1) is 27.7. The third-order valence-electron chi connectivity index (χ3n) is 4.92. The first-order valence-electron chi connectivity index (χ1n) is 10.8. The largest absolute Gasteiger partial charge is 0.271 e. The molecule has 0 aliphatic heterocycles. The maximum absolute atomic E-state index is 5.26. The van der Waals surface area contributed by atoms with Gasteiger partial charge in [0.15, 0.2) is 0 Å². The van der Waals surface area contributed by atoms with E-state index >= 15 is 0 Å². The second-order valence-corrected chi connectivity index (χ2v) is 7.32. The Morgan fingerprint density at radius 3 is 0.958 bits per heavy atom. The summed E-state index contributed by atoms with van der Waals surface area (Å²) in [5.41, 5.74) is 2.72. The normalized spacial score (nSPS) is 10.8. The van der Waals surface area contributed by atoms with Crippen molar-refractivity contribution < 1.29 is 46.9 Å². The van der Waals surface area contributed by atoms with Crippen molar-refractivity contribution in [3.8, 4) is 0 Å². The van der Waals surface area contributed by atoms with E-state index in [1.54, 1.807) is 0 Å². The summed E-state index contributed by atoms with van der Waals surface area (Å²) in [4.78, 5) is 0. The molecule has 0 aromatic rings. The van der Waals surface area contributed by atoms with Gasteiger partial charge in [0.1, 0.15) is 0 Å². The van der Waals surface area contributed by atoms with Crippen LogP contribution in [0.5, 0.6) is 0 Å². The van der Waals surface area contributed by atoms with Crippen LogP contribution >= 0.6 is 0 Å². The molecule has 2 nitrogen and oxygen atoms in total. The smallest absolute Gasteiger partial charge is 0.00974 e. The summed E-state index contributed by atoms with van der Waals surface area (Å²) in [7, 11) is 0. The Morgan fingerprint density at radius 1 is 0.458 bits per heavy atom. The molecule has 0 spiro atoms. The number of hydrogen-bond donors (Lipinski definition) is 2. The van der Waals surface area contributed by atoms with Crippen molar-refractivity contribution in [1.82, 2.24) is 5.43 Å². The fraction of sp³-hybridized carbons (Fsp3) is 1.00. The van der Waals surface area contributed by atoms with E-state index < -0.39 is 0 Å². The van der Waals surface area contributed by atoms with Crippen molar-refractivity contribution in [2.45, 2.75) is 129 Å². The van der Waals surface area contributed by atoms with E-state index in [1.807, 2.05) is 0 Å². The summed E-state index contributed by atoms with van der Waals surface area (Å²) >= 11 is 0. The Hall–Kier alpha value is 1.44. The van der Waals surface area contributed by atoms with Crippen molar-refractivity contribution >= 4 is 0 Å². The van der Waals surface area contributed by atoms with Crippen LogP contribution in [-0.2, 0) is 0 Å². The molecule has 0 aliphatic carbocycles. The van der Waals surface area contributed by atoms with Gasteiger partial charge in [0.2, 0.25) is 0 Å². The third-order valence-corrected chi connectivity index (χ3v) is 4.92. The van der Waals surface area contributed by atoms with Crippen molar-refractivity contribution in [3.05, 3.63) is 0 Å². The van der Waals surface area contributed by atoms with Gasteiger partial charge in [-0.3, -0.25) is 11.3 Å². The van der Waals surface area contributed by atoms with E-state index in [2.05, 4.69) is 12.3 Å². The van der Waals surface area contributed by atoms with Crippen molar-refractivity contribution in [1.29, 1.82) is 0 Å². The molecule has 0 saturated heterocycles.